The van der Waals surface area contributed by atoms with E-state index in [1.54, 1.807) is 0 Å². The summed E-state index contributed by atoms with van der Waals surface area (Å²) in [6.45, 7) is -0.747. The number of ketones is 2. The average molecular weight is 539 g/mol. The highest BCUT2D eigenvalue weighted by Crippen LogP contribution is 2.46. The van der Waals surface area contributed by atoms with Gasteiger partial charge in [-0.2, -0.15) is 0 Å². The standard InChI is InChI=1S/C32H30N2O6/c35-27(16-26-24-12-6-4-10-22(24)23-11-5-7-13-25(23)26)31(38)34-18-29(37)33-17-28(36)30(21-14-15-21)32(39)40-19-20-8-2-1-3-9-20/h1-13,21,26,30H,14-19H2,(H,33,37)(H,34,38)/t30-/m1/s1. The summed E-state index contributed by atoms with van der Waals surface area (Å²) in [7, 11) is 0. The molecule has 0 aromatic heterocycles. The van der Waals surface area contributed by atoms with Gasteiger partial charge in [0.25, 0.3) is 5.91 Å². The maximum absolute atomic E-state index is 12.8. The first-order chi connectivity index (χ1) is 19.4. The van der Waals surface area contributed by atoms with Gasteiger partial charge in [-0.1, -0.05) is 78.9 Å². The molecule has 3 aromatic rings. The van der Waals surface area contributed by atoms with E-state index in [-0.39, 0.29) is 31.4 Å². The van der Waals surface area contributed by atoms with Crippen LogP contribution in [0.4, 0.5) is 0 Å². The molecule has 2 aliphatic rings. The van der Waals surface area contributed by atoms with Crippen molar-refractivity contribution in [3.8, 4) is 11.1 Å². The second-order valence-electron chi connectivity index (χ2n) is 10.2. The number of hydrogen-bond donors (Lipinski definition) is 2. The van der Waals surface area contributed by atoms with E-state index in [0.29, 0.717) is 0 Å². The molecule has 2 N–H and O–H groups in total. The number of Topliss-reactive ketones (excluding diaryl/α,β-unsaturated/α-hetero) is 2. The Bertz CT molecular complexity index is 1400. The fourth-order valence-electron chi connectivity index (χ4n) is 5.21. The van der Waals surface area contributed by atoms with Crippen molar-refractivity contribution < 1.29 is 28.7 Å². The number of carbonyl (C=O) groups is 5. The molecule has 0 spiro atoms. The lowest BCUT2D eigenvalue weighted by Crippen LogP contribution is -2.43. The van der Waals surface area contributed by atoms with E-state index >= 15 is 0 Å². The summed E-state index contributed by atoms with van der Waals surface area (Å²) in [6.07, 6.45) is 1.48. The first-order valence-corrected chi connectivity index (χ1v) is 13.4. The summed E-state index contributed by atoms with van der Waals surface area (Å²) >= 11 is 0. The van der Waals surface area contributed by atoms with E-state index in [9.17, 15) is 24.0 Å². The van der Waals surface area contributed by atoms with Crippen molar-refractivity contribution in [2.45, 2.75) is 31.8 Å². The minimum atomic E-state index is -0.933. The molecular weight excluding hydrogens is 508 g/mol. The summed E-state index contributed by atoms with van der Waals surface area (Å²) in [6, 6.07) is 24.8. The number of carbonyl (C=O) groups excluding carboxylic acids is 5. The summed E-state index contributed by atoms with van der Waals surface area (Å²) in [4.78, 5) is 63.0. The SMILES string of the molecule is O=C(CNC(=O)C(=O)CC1c2ccccc2-c2ccccc21)NCC(=O)[C@H](C(=O)OCc1ccccc1)C1CC1. The number of nitrogens with one attached hydrogen (secondary N) is 2. The van der Waals surface area contributed by atoms with E-state index in [0.717, 1.165) is 40.7 Å². The Morgan fingerprint density at radius 3 is 1.98 bits per heavy atom. The molecule has 0 radical (unpaired) electrons. The number of fused-ring (bicyclic) bond motifs is 3. The molecule has 2 aliphatic carbocycles. The molecule has 5 rings (SSSR count). The average Bonchev–Trinajstić information content (AvgIpc) is 3.77. The van der Waals surface area contributed by atoms with Crippen LogP contribution >= 0.6 is 0 Å². The molecule has 0 heterocycles. The molecule has 3 aromatic carbocycles. The van der Waals surface area contributed by atoms with Crippen molar-refractivity contribution in [2.75, 3.05) is 13.1 Å². The summed E-state index contributed by atoms with van der Waals surface area (Å²) in [5, 5.41) is 4.80. The van der Waals surface area contributed by atoms with Gasteiger partial charge >= 0.3 is 5.97 Å². The molecule has 40 heavy (non-hydrogen) atoms. The lowest BCUT2D eigenvalue weighted by atomic mass is 9.91. The van der Waals surface area contributed by atoms with Gasteiger partial charge in [-0.05, 0) is 46.6 Å². The van der Waals surface area contributed by atoms with Gasteiger partial charge in [-0.25, -0.2) is 0 Å². The Hall–Kier alpha value is -4.59. The van der Waals surface area contributed by atoms with Crippen LogP contribution in [0.15, 0.2) is 78.9 Å². The summed E-state index contributed by atoms with van der Waals surface area (Å²) < 4.78 is 5.36. The van der Waals surface area contributed by atoms with Crippen molar-refractivity contribution in [1.82, 2.24) is 10.6 Å². The summed E-state index contributed by atoms with van der Waals surface area (Å²) in [5.41, 5.74) is 4.91. The molecular formula is C32H30N2O6. The second kappa shape index (κ2) is 12.1. The van der Waals surface area contributed by atoms with Crippen molar-refractivity contribution in [3.63, 3.8) is 0 Å². The van der Waals surface area contributed by atoms with Crippen molar-refractivity contribution in [3.05, 3.63) is 95.6 Å². The lowest BCUT2D eigenvalue weighted by Gasteiger charge is -2.15. The molecule has 0 aliphatic heterocycles. The van der Waals surface area contributed by atoms with Crippen LogP contribution in [0, 0.1) is 11.8 Å². The Labute approximate surface area is 232 Å². The van der Waals surface area contributed by atoms with Gasteiger partial charge in [-0.3, -0.25) is 24.0 Å². The molecule has 204 valence electrons. The molecule has 0 saturated heterocycles. The van der Waals surface area contributed by atoms with Crippen molar-refractivity contribution >= 4 is 29.4 Å². The molecule has 1 fully saturated rings. The molecule has 0 unspecified atom stereocenters. The molecule has 1 saturated carbocycles. The first kappa shape index (κ1) is 27.0. The zero-order valence-corrected chi connectivity index (χ0v) is 21.9. The first-order valence-electron chi connectivity index (χ1n) is 13.4. The maximum atomic E-state index is 12.8. The minimum absolute atomic E-state index is 0.0197. The number of rotatable bonds is 12. The van der Waals surface area contributed by atoms with Crippen LogP contribution < -0.4 is 10.6 Å². The highest BCUT2D eigenvalue weighted by atomic mass is 16.5. The zero-order valence-electron chi connectivity index (χ0n) is 21.9. The normalized spacial score (nSPS) is 14.4. The molecule has 8 nitrogen and oxygen atoms in total. The van der Waals surface area contributed by atoms with Crippen LogP contribution in [-0.2, 0) is 35.3 Å². The highest BCUT2D eigenvalue weighted by molar-refractivity contribution is 6.36. The van der Waals surface area contributed by atoms with Gasteiger partial charge in [0, 0.05) is 12.3 Å². The Balaban J connectivity index is 1.09. The van der Waals surface area contributed by atoms with Gasteiger partial charge in [0.1, 0.15) is 12.5 Å². The third-order valence-corrected chi connectivity index (χ3v) is 7.39. The largest absolute Gasteiger partial charge is 0.460 e. The second-order valence-corrected chi connectivity index (χ2v) is 10.2. The van der Waals surface area contributed by atoms with Gasteiger partial charge in [0.2, 0.25) is 11.7 Å². The fraction of sp³-hybridized carbons (Fsp3) is 0.281. The Morgan fingerprint density at radius 1 is 0.750 bits per heavy atom. The Kier molecular flexibility index (Phi) is 8.15. The van der Waals surface area contributed by atoms with Gasteiger partial charge in [0.15, 0.2) is 5.78 Å². The van der Waals surface area contributed by atoms with E-state index in [1.165, 1.54) is 0 Å². The van der Waals surface area contributed by atoms with Gasteiger partial charge in [0.05, 0.1) is 13.1 Å². The molecule has 0 bridgehead atoms. The lowest BCUT2D eigenvalue weighted by molar-refractivity contribution is -0.154. The van der Waals surface area contributed by atoms with Crippen LogP contribution in [0.25, 0.3) is 11.1 Å². The number of hydrogen-bond acceptors (Lipinski definition) is 6. The topological polar surface area (TPSA) is 119 Å². The fourth-order valence-corrected chi connectivity index (χ4v) is 5.21. The summed E-state index contributed by atoms with van der Waals surface area (Å²) in [5.74, 6) is -4.40. The number of amides is 2. The van der Waals surface area contributed by atoms with Crippen LogP contribution in [0.3, 0.4) is 0 Å². The third kappa shape index (κ3) is 6.17. The van der Waals surface area contributed by atoms with Gasteiger partial charge in [-0.15, -0.1) is 0 Å². The number of ether oxygens (including phenoxy) is 1. The third-order valence-electron chi connectivity index (χ3n) is 7.39. The quantitative estimate of drug-likeness (QED) is 0.208. The van der Waals surface area contributed by atoms with E-state index in [4.69, 9.17) is 4.74 Å². The van der Waals surface area contributed by atoms with E-state index in [1.807, 2.05) is 78.9 Å². The predicted octanol–water partition coefficient (Wildman–Crippen LogP) is 3.33. The number of esters is 1. The van der Waals surface area contributed by atoms with Crippen molar-refractivity contribution in [1.29, 1.82) is 0 Å². The van der Waals surface area contributed by atoms with Crippen LogP contribution in [0.2, 0.25) is 0 Å². The minimum Gasteiger partial charge on any atom is -0.460 e. The molecule has 2 amide bonds. The van der Waals surface area contributed by atoms with E-state index in [2.05, 4.69) is 10.6 Å². The maximum Gasteiger partial charge on any atom is 0.317 e. The van der Waals surface area contributed by atoms with Crippen LogP contribution in [-0.4, -0.2) is 42.4 Å². The monoisotopic (exact) mass is 538 g/mol. The predicted molar refractivity (Wildman–Crippen MR) is 147 cm³/mol. The van der Waals surface area contributed by atoms with Crippen LogP contribution in [0.1, 0.15) is 41.9 Å². The van der Waals surface area contributed by atoms with E-state index < -0.39 is 41.8 Å². The van der Waals surface area contributed by atoms with Crippen LogP contribution in [0.5, 0.6) is 0 Å². The molecule has 8 heteroatoms. The van der Waals surface area contributed by atoms with Crippen molar-refractivity contribution in [2.24, 2.45) is 11.8 Å². The van der Waals surface area contributed by atoms with Gasteiger partial charge < -0.3 is 15.4 Å². The smallest absolute Gasteiger partial charge is 0.317 e. The Morgan fingerprint density at radius 2 is 1.35 bits per heavy atom. The highest BCUT2D eigenvalue weighted by Gasteiger charge is 2.42. The zero-order chi connectivity index (χ0) is 28.1. The number of benzene rings is 3. The molecule has 1 atom stereocenters.